The van der Waals surface area contributed by atoms with Crippen molar-refractivity contribution in [1.29, 1.82) is 0 Å². The smallest absolute Gasteiger partial charge is 0.307 e. The molecule has 3 nitrogen and oxygen atoms in total. The Kier molecular flexibility index (Phi) is 5.94. The topological polar surface area (TPSA) is 54.4 Å². The standard InChI is InChI=1S/C16H13ClO3.ClH/c1-10-12(9-15(18)19)3-2-4-14(10)16(20)11-5-7-13(17)8-6-11;/h2-8H,9H2,1H3,(H,18,19);1H. The molecule has 110 valence electrons. The maximum absolute atomic E-state index is 12.4. The van der Waals surface area contributed by atoms with E-state index in [1.165, 1.54) is 0 Å². The number of halogens is 2. The van der Waals surface area contributed by atoms with Crippen molar-refractivity contribution < 1.29 is 14.7 Å². The van der Waals surface area contributed by atoms with E-state index in [0.29, 0.717) is 27.3 Å². The fraction of sp³-hybridized carbons (Fsp3) is 0.125. The lowest BCUT2D eigenvalue weighted by Gasteiger charge is -2.09. The minimum Gasteiger partial charge on any atom is -0.481 e. The summed E-state index contributed by atoms with van der Waals surface area (Å²) in [5.41, 5.74) is 2.41. The normalized spacial score (nSPS) is 9.81. The molecule has 0 heterocycles. The summed E-state index contributed by atoms with van der Waals surface area (Å²) in [6, 6.07) is 11.8. The van der Waals surface area contributed by atoms with E-state index in [-0.39, 0.29) is 24.6 Å². The highest BCUT2D eigenvalue weighted by atomic mass is 35.5. The van der Waals surface area contributed by atoms with Crippen LogP contribution in [-0.4, -0.2) is 16.9 Å². The minimum absolute atomic E-state index is 0. The van der Waals surface area contributed by atoms with Crippen LogP contribution in [0.3, 0.4) is 0 Å². The van der Waals surface area contributed by atoms with E-state index in [4.69, 9.17) is 16.7 Å². The van der Waals surface area contributed by atoms with E-state index in [1.807, 2.05) is 0 Å². The summed E-state index contributed by atoms with van der Waals surface area (Å²) < 4.78 is 0. The molecule has 0 saturated heterocycles. The van der Waals surface area contributed by atoms with Gasteiger partial charge in [-0.3, -0.25) is 9.59 Å². The number of carboxylic acids is 1. The maximum Gasteiger partial charge on any atom is 0.307 e. The van der Waals surface area contributed by atoms with Gasteiger partial charge in [0, 0.05) is 16.1 Å². The Balaban J connectivity index is 0.00000220. The molecule has 2 aromatic carbocycles. The van der Waals surface area contributed by atoms with Crippen molar-refractivity contribution in [3.8, 4) is 0 Å². The predicted octanol–water partition coefficient (Wildman–Crippen LogP) is 3.93. The molecule has 0 spiro atoms. The van der Waals surface area contributed by atoms with Gasteiger partial charge in [-0.1, -0.05) is 29.8 Å². The molecule has 0 bridgehead atoms. The van der Waals surface area contributed by atoms with E-state index in [1.54, 1.807) is 49.4 Å². The van der Waals surface area contributed by atoms with E-state index in [9.17, 15) is 9.59 Å². The number of carbonyl (C=O) groups is 2. The fourth-order valence-corrected chi connectivity index (χ4v) is 2.17. The third-order valence-electron chi connectivity index (χ3n) is 3.14. The molecule has 21 heavy (non-hydrogen) atoms. The van der Waals surface area contributed by atoms with Crippen LogP contribution in [0, 0.1) is 6.92 Å². The number of carboxylic acid groups (broad SMARTS) is 1. The van der Waals surface area contributed by atoms with Crippen LogP contribution in [-0.2, 0) is 11.2 Å². The summed E-state index contributed by atoms with van der Waals surface area (Å²) in [5.74, 6) is -1.05. The molecule has 0 unspecified atom stereocenters. The highest BCUT2D eigenvalue weighted by Crippen LogP contribution is 2.19. The van der Waals surface area contributed by atoms with Crippen LogP contribution in [0.2, 0.25) is 5.02 Å². The van der Waals surface area contributed by atoms with Gasteiger partial charge in [0.15, 0.2) is 5.78 Å². The van der Waals surface area contributed by atoms with E-state index in [0.717, 1.165) is 0 Å². The zero-order valence-electron chi connectivity index (χ0n) is 11.3. The van der Waals surface area contributed by atoms with Crippen LogP contribution >= 0.6 is 24.0 Å². The van der Waals surface area contributed by atoms with Crippen LogP contribution < -0.4 is 0 Å². The van der Waals surface area contributed by atoms with Crippen molar-refractivity contribution in [2.45, 2.75) is 13.3 Å². The molecule has 0 aliphatic heterocycles. The number of aliphatic carboxylic acids is 1. The first-order valence-electron chi connectivity index (χ1n) is 6.09. The molecule has 0 saturated carbocycles. The van der Waals surface area contributed by atoms with Gasteiger partial charge in [0.2, 0.25) is 0 Å². The van der Waals surface area contributed by atoms with Gasteiger partial charge >= 0.3 is 5.97 Å². The Bertz CT molecular complexity index is 664. The highest BCUT2D eigenvalue weighted by Gasteiger charge is 2.14. The Morgan fingerprint density at radius 1 is 1.10 bits per heavy atom. The van der Waals surface area contributed by atoms with E-state index in [2.05, 4.69) is 0 Å². The zero-order chi connectivity index (χ0) is 14.7. The van der Waals surface area contributed by atoms with Gasteiger partial charge in [0.25, 0.3) is 0 Å². The number of hydrogen-bond donors (Lipinski definition) is 1. The molecule has 5 heteroatoms. The molecule has 0 fully saturated rings. The third kappa shape index (κ3) is 4.06. The van der Waals surface area contributed by atoms with Gasteiger partial charge in [-0.05, 0) is 42.3 Å². The summed E-state index contributed by atoms with van der Waals surface area (Å²) in [7, 11) is 0. The monoisotopic (exact) mass is 324 g/mol. The van der Waals surface area contributed by atoms with Gasteiger partial charge in [-0.25, -0.2) is 0 Å². The van der Waals surface area contributed by atoms with Crippen LogP contribution in [0.5, 0.6) is 0 Å². The van der Waals surface area contributed by atoms with Gasteiger partial charge < -0.3 is 5.11 Å². The summed E-state index contributed by atoms with van der Waals surface area (Å²) in [5, 5.41) is 9.44. The molecule has 1 N–H and O–H groups in total. The van der Waals surface area contributed by atoms with Gasteiger partial charge in [0.1, 0.15) is 0 Å². The molecular formula is C16H14Cl2O3. The van der Waals surface area contributed by atoms with E-state index < -0.39 is 5.97 Å². The largest absolute Gasteiger partial charge is 0.481 e. The lowest BCUT2D eigenvalue weighted by molar-refractivity contribution is -0.136. The summed E-state index contributed by atoms with van der Waals surface area (Å²) in [6.07, 6.45) is -0.0897. The third-order valence-corrected chi connectivity index (χ3v) is 3.39. The van der Waals surface area contributed by atoms with E-state index >= 15 is 0 Å². The van der Waals surface area contributed by atoms with Crippen molar-refractivity contribution in [2.24, 2.45) is 0 Å². The van der Waals surface area contributed by atoms with Crippen molar-refractivity contribution >= 4 is 35.8 Å². The number of benzene rings is 2. The molecule has 0 radical (unpaired) electrons. The molecule has 2 rings (SSSR count). The Morgan fingerprint density at radius 3 is 2.29 bits per heavy atom. The summed E-state index contributed by atoms with van der Waals surface area (Å²) in [4.78, 5) is 23.2. The quantitative estimate of drug-likeness (QED) is 0.867. The average molecular weight is 325 g/mol. The van der Waals surface area contributed by atoms with Gasteiger partial charge in [0.05, 0.1) is 6.42 Å². The van der Waals surface area contributed by atoms with Gasteiger partial charge in [-0.15, -0.1) is 12.4 Å². The fourth-order valence-electron chi connectivity index (χ4n) is 2.04. The van der Waals surface area contributed by atoms with Crippen molar-refractivity contribution in [3.05, 3.63) is 69.7 Å². The number of ketones is 1. The van der Waals surface area contributed by atoms with Crippen molar-refractivity contribution in [1.82, 2.24) is 0 Å². The molecule has 2 aromatic rings. The second-order valence-corrected chi connectivity index (χ2v) is 4.93. The van der Waals surface area contributed by atoms with Crippen LogP contribution in [0.1, 0.15) is 27.0 Å². The molecule has 0 aromatic heterocycles. The van der Waals surface area contributed by atoms with Crippen molar-refractivity contribution in [2.75, 3.05) is 0 Å². The van der Waals surface area contributed by atoms with Gasteiger partial charge in [-0.2, -0.15) is 0 Å². The number of rotatable bonds is 4. The lowest BCUT2D eigenvalue weighted by Crippen LogP contribution is -2.08. The van der Waals surface area contributed by atoms with Crippen LogP contribution in [0.25, 0.3) is 0 Å². The summed E-state index contributed by atoms with van der Waals surface area (Å²) >= 11 is 5.80. The summed E-state index contributed by atoms with van der Waals surface area (Å²) in [6.45, 7) is 1.77. The maximum atomic E-state index is 12.4. The Hall–Kier alpha value is -1.84. The number of hydrogen-bond acceptors (Lipinski definition) is 2. The first-order valence-corrected chi connectivity index (χ1v) is 6.47. The molecular weight excluding hydrogens is 311 g/mol. The van der Waals surface area contributed by atoms with Crippen LogP contribution in [0.4, 0.5) is 0 Å². The Morgan fingerprint density at radius 2 is 1.71 bits per heavy atom. The number of carbonyl (C=O) groups excluding carboxylic acids is 1. The first kappa shape index (κ1) is 17.2. The zero-order valence-corrected chi connectivity index (χ0v) is 12.9. The minimum atomic E-state index is -0.913. The second-order valence-electron chi connectivity index (χ2n) is 4.50. The van der Waals surface area contributed by atoms with Crippen molar-refractivity contribution in [3.63, 3.8) is 0 Å². The predicted molar refractivity (Wildman–Crippen MR) is 84.7 cm³/mol. The van der Waals surface area contributed by atoms with Crippen LogP contribution in [0.15, 0.2) is 42.5 Å². The molecule has 0 aliphatic carbocycles. The second kappa shape index (κ2) is 7.25. The lowest BCUT2D eigenvalue weighted by atomic mass is 9.94. The SMILES string of the molecule is Cc1c(CC(=O)O)cccc1C(=O)c1ccc(Cl)cc1.Cl. The first-order chi connectivity index (χ1) is 9.49. The Labute approximate surface area is 134 Å². The molecule has 0 aliphatic rings. The highest BCUT2D eigenvalue weighted by molar-refractivity contribution is 6.30. The average Bonchev–Trinajstić information content (AvgIpc) is 2.41. The molecule has 0 atom stereocenters. The molecule has 0 amide bonds.